The molecule has 0 radical (unpaired) electrons. The van der Waals surface area contributed by atoms with E-state index < -0.39 is 5.97 Å². The van der Waals surface area contributed by atoms with Crippen molar-refractivity contribution in [2.75, 3.05) is 0 Å². The Hall–Kier alpha value is -2.43. The van der Waals surface area contributed by atoms with Crippen molar-refractivity contribution in [3.63, 3.8) is 0 Å². The number of carbonyl (C=O) groups is 1. The molecule has 0 aliphatic carbocycles. The summed E-state index contributed by atoms with van der Waals surface area (Å²) >= 11 is 0. The molecule has 0 saturated heterocycles. The van der Waals surface area contributed by atoms with E-state index >= 15 is 0 Å². The van der Waals surface area contributed by atoms with E-state index in [0.717, 1.165) is 11.1 Å². The van der Waals surface area contributed by atoms with Gasteiger partial charge in [-0.2, -0.15) is 0 Å². The lowest BCUT2D eigenvalue weighted by Crippen LogP contribution is -2.00. The zero-order chi connectivity index (χ0) is 14.7. The number of aryl methyl sites for hydroxylation is 1. The standard InChI is InChI=1S/C15H16N2O3/c1-9(2)13-16-17-14(20-13)12(15(18)19)8-11-6-4-10(3)5-7-11/h4-9H,1-3H3,(H,18,19)/b12-8-. The molecule has 1 N–H and O–H groups in total. The highest BCUT2D eigenvalue weighted by atomic mass is 16.4. The van der Waals surface area contributed by atoms with Gasteiger partial charge in [0, 0.05) is 5.92 Å². The van der Waals surface area contributed by atoms with Gasteiger partial charge in [-0.1, -0.05) is 43.7 Å². The van der Waals surface area contributed by atoms with Gasteiger partial charge in [0.2, 0.25) is 5.89 Å². The molecule has 0 aliphatic heterocycles. The molecular weight excluding hydrogens is 256 g/mol. The van der Waals surface area contributed by atoms with E-state index in [9.17, 15) is 9.90 Å². The zero-order valence-electron chi connectivity index (χ0n) is 11.6. The van der Waals surface area contributed by atoms with Crippen molar-refractivity contribution in [2.45, 2.75) is 26.7 Å². The van der Waals surface area contributed by atoms with Gasteiger partial charge >= 0.3 is 5.97 Å². The van der Waals surface area contributed by atoms with Crippen molar-refractivity contribution in [1.29, 1.82) is 0 Å². The van der Waals surface area contributed by atoms with Crippen molar-refractivity contribution >= 4 is 17.6 Å². The van der Waals surface area contributed by atoms with Crippen molar-refractivity contribution in [3.05, 3.63) is 47.2 Å². The van der Waals surface area contributed by atoms with Crippen LogP contribution in [-0.4, -0.2) is 21.3 Å². The van der Waals surface area contributed by atoms with E-state index in [1.54, 1.807) is 0 Å². The SMILES string of the molecule is Cc1ccc(/C=C(\C(=O)O)c2nnc(C(C)C)o2)cc1. The Morgan fingerprint density at radius 3 is 2.40 bits per heavy atom. The molecule has 0 atom stereocenters. The number of hydrogen-bond acceptors (Lipinski definition) is 4. The summed E-state index contributed by atoms with van der Waals surface area (Å²) in [6.45, 7) is 5.78. The third kappa shape index (κ3) is 3.12. The average molecular weight is 272 g/mol. The van der Waals surface area contributed by atoms with Crippen LogP contribution < -0.4 is 0 Å². The summed E-state index contributed by atoms with van der Waals surface area (Å²) in [5.74, 6) is -0.576. The lowest BCUT2D eigenvalue weighted by molar-refractivity contribution is -0.130. The molecular formula is C15H16N2O3. The van der Waals surface area contributed by atoms with E-state index in [-0.39, 0.29) is 17.4 Å². The van der Waals surface area contributed by atoms with E-state index in [2.05, 4.69) is 10.2 Å². The molecule has 0 spiro atoms. The highest BCUT2D eigenvalue weighted by Crippen LogP contribution is 2.20. The summed E-state index contributed by atoms with van der Waals surface area (Å²) in [6.07, 6.45) is 1.53. The molecule has 0 unspecified atom stereocenters. The average Bonchev–Trinajstić information content (AvgIpc) is 2.87. The maximum Gasteiger partial charge on any atom is 0.341 e. The quantitative estimate of drug-likeness (QED) is 0.865. The Kier molecular flexibility index (Phi) is 3.98. The number of nitrogens with zero attached hydrogens (tertiary/aromatic N) is 2. The fraction of sp³-hybridized carbons (Fsp3) is 0.267. The number of aliphatic carboxylic acids is 1. The van der Waals surface area contributed by atoms with Gasteiger partial charge in [-0.15, -0.1) is 10.2 Å². The summed E-state index contributed by atoms with van der Waals surface area (Å²) < 4.78 is 5.39. The Morgan fingerprint density at radius 1 is 1.25 bits per heavy atom. The molecule has 0 saturated carbocycles. The second-order valence-electron chi connectivity index (χ2n) is 4.87. The van der Waals surface area contributed by atoms with E-state index in [4.69, 9.17) is 4.42 Å². The number of aromatic nitrogens is 2. The second kappa shape index (κ2) is 5.69. The number of benzene rings is 1. The molecule has 1 aromatic heterocycles. The first-order valence-corrected chi connectivity index (χ1v) is 6.33. The van der Waals surface area contributed by atoms with Gasteiger partial charge in [-0.3, -0.25) is 0 Å². The van der Waals surface area contributed by atoms with Crippen LogP contribution in [0.25, 0.3) is 11.6 Å². The number of hydrogen-bond donors (Lipinski definition) is 1. The minimum absolute atomic E-state index is 0.00625. The summed E-state index contributed by atoms with van der Waals surface area (Å²) in [5.41, 5.74) is 1.88. The molecule has 0 bridgehead atoms. The molecule has 104 valence electrons. The van der Waals surface area contributed by atoms with Gasteiger partial charge < -0.3 is 9.52 Å². The number of carboxylic acid groups (broad SMARTS) is 1. The van der Waals surface area contributed by atoms with Crippen LogP contribution in [0.2, 0.25) is 0 Å². The number of carboxylic acids is 1. The first-order chi connectivity index (χ1) is 9.47. The van der Waals surface area contributed by atoms with Crippen LogP contribution in [0, 0.1) is 6.92 Å². The predicted molar refractivity (Wildman–Crippen MR) is 75.1 cm³/mol. The Bertz CT molecular complexity index is 639. The van der Waals surface area contributed by atoms with Crippen LogP contribution in [0.15, 0.2) is 28.7 Å². The maximum atomic E-state index is 11.4. The number of rotatable bonds is 4. The van der Waals surface area contributed by atoms with Crippen molar-refractivity contribution in [2.24, 2.45) is 0 Å². The molecule has 0 fully saturated rings. The lowest BCUT2D eigenvalue weighted by atomic mass is 10.1. The molecule has 0 amide bonds. The van der Waals surface area contributed by atoms with Crippen LogP contribution in [0.3, 0.4) is 0 Å². The van der Waals surface area contributed by atoms with Gasteiger partial charge in [-0.25, -0.2) is 4.79 Å². The molecule has 5 heteroatoms. The van der Waals surface area contributed by atoms with E-state index in [1.165, 1.54) is 6.08 Å². The minimum atomic E-state index is -1.09. The first kappa shape index (κ1) is 14.0. The molecule has 2 aromatic rings. The van der Waals surface area contributed by atoms with Crippen molar-refractivity contribution in [1.82, 2.24) is 10.2 Å². The van der Waals surface area contributed by atoms with Crippen LogP contribution in [0.5, 0.6) is 0 Å². The molecule has 1 heterocycles. The molecule has 0 aliphatic rings. The Labute approximate surface area is 117 Å². The third-order valence-corrected chi connectivity index (χ3v) is 2.78. The minimum Gasteiger partial charge on any atom is -0.477 e. The fourth-order valence-corrected chi connectivity index (χ4v) is 1.62. The van der Waals surface area contributed by atoms with Crippen LogP contribution in [0.4, 0.5) is 0 Å². The van der Waals surface area contributed by atoms with Crippen LogP contribution in [0.1, 0.15) is 42.7 Å². The first-order valence-electron chi connectivity index (χ1n) is 6.33. The predicted octanol–water partition coefficient (Wildman–Crippen LogP) is 3.13. The summed E-state index contributed by atoms with van der Waals surface area (Å²) in [7, 11) is 0. The largest absolute Gasteiger partial charge is 0.477 e. The van der Waals surface area contributed by atoms with Gasteiger partial charge in [0.15, 0.2) is 0 Å². The second-order valence-corrected chi connectivity index (χ2v) is 4.87. The van der Waals surface area contributed by atoms with Crippen molar-refractivity contribution in [3.8, 4) is 0 Å². The van der Waals surface area contributed by atoms with Crippen molar-refractivity contribution < 1.29 is 14.3 Å². The summed E-state index contributed by atoms with van der Waals surface area (Å²) in [4.78, 5) is 11.4. The molecule has 5 nitrogen and oxygen atoms in total. The smallest absolute Gasteiger partial charge is 0.341 e. The summed E-state index contributed by atoms with van der Waals surface area (Å²) in [5, 5.41) is 17.0. The maximum absolute atomic E-state index is 11.4. The van der Waals surface area contributed by atoms with E-state index in [0.29, 0.717) is 5.89 Å². The highest BCUT2D eigenvalue weighted by molar-refractivity contribution is 6.19. The van der Waals surface area contributed by atoms with Crippen LogP contribution >= 0.6 is 0 Å². The third-order valence-electron chi connectivity index (χ3n) is 2.78. The molecule has 2 rings (SSSR count). The Balaban J connectivity index is 2.40. The Morgan fingerprint density at radius 2 is 1.90 bits per heavy atom. The monoisotopic (exact) mass is 272 g/mol. The van der Waals surface area contributed by atoms with Gasteiger partial charge in [-0.05, 0) is 18.6 Å². The van der Waals surface area contributed by atoms with Gasteiger partial charge in [0.1, 0.15) is 5.57 Å². The zero-order valence-corrected chi connectivity index (χ0v) is 11.6. The van der Waals surface area contributed by atoms with Gasteiger partial charge in [0.05, 0.1) is 0 Å². The van der Waals surface area contributed by atoms with E-state index in [1.807, 2.05) is 45.0 Å². The normalized spacial score (nSPS) is 11.9. The molecule has 1 aromatic carbocycles. The molecule has 20 heavy (non-hydrogen) atoms. The summed E-state index contributed by atoms with van der Waals surface area (Å²) in [6, 6.07) is 7.52. The highest BCUT2D eigenvalue weighted by Gasteiger charge is 2.19. The fourth-order valence-electron chi connectivity index (χ4n) is 1.62. The lowest BCUT2D eigenvalue weighted by Gasteiger charge is -1.99. The van der Waals surface area contributed by atoms with Gasteiger partial charge in [0.25, 0.3) is 5.89 Å². The topological polar surface area (TPSA) is 76.2 Å². The van der Waals surface area contributed by atoms with Crippen LogP contribution in [-0.2, 0) is 4.79 Å².